The number of hydrogen-bond acceptors (Lipinski definition) is 1. The second-order valence-corrected chi connectivity index (χ2v) is 4.70. The van der Waals surface area contributed by atoms with Crippen LogP contribution in [0.2, 0.25) is 5.02 Å². The van der Waals surface area contributed by atoms with Gasteiger partial charge in [0.15, 0.2) is 0 Å². The molecule has 0 aromatic heterocycles. The molecule has 0 spiro atoms. The molecule has 0 bridgehead atoms. The molecule has 0 aliphatic carbocycles. The molecule has 1 saturated heterocycles. The van der Waals surface area contributed by atoms with E-state index in [1.54, 1.807) is 0 Å². The second kappa shape index (κ2) is 3.71. The summed E-state index contributed by atoms with van der Waals surface area (Å²) in [5.41, 5.74) is 1.45. The Bertz CT molecular complexity index is 249. The van der Waals surface area contributed by atoms with Crippen LogP contribution in [-0.2, 0) is 0 Å². The third kappa shape index (κ3) is 1.78. The summed E-state index contributed by atoms with van der Waals surface area (Å²) in [4.78, 5) is 0. The average molecular weight is 199 g/mol. The largest absolute Gasteiger partial charge is 0.161 e. The van der Waals surface area contributed by atoms with Crippen molar-refractivity contribution in [1.29, 1.82) is 0 Å². The van der Waals surface area contributed by atoms with Gasteiger partial charge in [-0.1, -0.05) is 23.7 Å². The SMILES string of the molecule is Clc1ccc(C2CCSC2)cc1. The minimum absolute atomic E-state index is 0.771. The minimum atomic E-state index is 0.771. The zero-order chi connectivity index (χ0) is 8.39. The lowest BCUT2D eigenvalue weighted by atomic mass is 9.99. The lowest BCUT2D eigenvalue weighted by Gasteiger charge is -2.07. The van der Waals surface area contributed by atoms with Crippen LogP contribution in [-0.4, -0.2) is 11.5 Å². The molecule has 1 aromatic carbocycles. The van der Waals surface area contributed by atoms with Crippen LogP contribution in [0.1, 0.15) is 17.9 Å². The summed E-state index contributed by atoms with van der Waals surface area (Å²) >= 11 is 7.86. The van der Waals surface area contributed by atoms with Gasteiger partial charge >= 0.3 is 0 Å². The molecule has 2 rings (SSSR count). The first-order valence-corrected chi connectivity index (χ1v) is 5.73. The van der Waals surface area contributed by atoms with Crippen LogP contribution < -0.4 is 0 Å². The van der Waals surface area contributed by atoms with Gasteiger partial charge in [-0.2, -0.15) is 11.8 Å². The van der Waals surface area contributed by atoms with E-state index >= 15 is 0 Å². The van der Waals surface area contributed by atoms with Gasteiger partial charge in [-0.25, -0.2) is 0 Å². The molecule has 64 valence electrons. The van der Waals surface area contributed by atoms with Gasteiger partial charge in [0, 0.05) is 10.8 Å². The summed E-state index contributed by atoms with van der Waals surface area (Å²) in [6.45, 7) is 0. The normalized spacial score (nSPS) is 22.9. The third-order valence-corrected chi connectivity index (χ3v) is 3.69. The molecule has 1 fully saturated rings. The first kappa shape index (κ1) is 8.46. The maximum atomic E-state index is 5.81. The summed E-state index contributed by atoms with van der Waals surface area (Å²) in [6, 6.07) is 8.28. The van der Waals surface area contributed by atoms with Gasteiger partial charge in [0.1, 0.15) is 0 Å². The predicted octanol–water partition coefficient (Wildman–Crippen LogP) is 3.56. The second-order valence-electron chi connectivity index (χ2n) is 3.11. The van der Waals surface area contributed by atoms with Crippen LogP contribution >= 0.6 is 23.4 Å². The molecule has 0 radical (unpaired) electrons. The summed E-state index contributed by atoms with van der Waals surface area (Å²) < 4.78 is 0. The van der Waals surface area contributed by atoms with E-state index in [2.05, 4.69) is 12.1 Å². The summed E-state index contributed by atoms with van der Waals surface area (Å²) in [5.74, 6) is 3.36. The van der Waals surface area contributed by atoms with Crippen molar-refractivity contribution in [3.63, 3.8) is 0 Å². The molecule has 1 atom stereocenters. The van der Waals surface area contributed by atoms with Crippen molar-refractivity contribution in [2.24, 2.45) is 0 Å². The van der Waals surface area contributed by atoms with E-state index < -0.39 is 0 Å². The molecule has 0 nitrogen and oxygen atoms in total. The Morgan fingerprint density at radius 1 is 1.25 bits per heavy atom. The fraction of sp³-hybridized carbons (Fsp3) is 0.400. The van der Waals surface area contributed by atoms with E-state index in [-0.39, 0.29) is 0 Å². The van der Waals surface area contributed by atoms with Gasteiger partial charge in [-0.15, -0.1) is 0 Å². The highest BCUT2D eigenvalue weighted by atomic mass is 35.5. The number of rotatable bonds is 1. The molecule has 1 aliphatic rings. The van der Waals surface area contributed by atoms with Crippen LogP contribution in [0.15, 0.2) is 24.3 Å². The molecule has 0 amide bonds. The maximum absolute atomic E-state index is 5.81. The lowest BCUT2D eigenvalue weighted by Crippen LogP contribution is -1.94. The van der Waals surface area contributed by atoms with Crippen molar-refractivity contribution >= 4 is 23.4 Å². The molecular weight excluding hydrogens is 188 g/mol. The van der Waals surface area contributed by atoms with Crippen LogP contribution in [0, 0.1) is 0 Å². The van der Waals surface area contributed by atoms with Crippen molar-refractivity contribution < 1.29 is 0 Å². The Kier molecular flexibility index (Phi) is 2.62. The van der Waals surface area contributed by atoms with E-state index in [1.807, 2.05) is 23.9 Å². The third-order valence-electron chi connectivity index (χ3n) is 2.27. The highest BCUT2D eigenvalue weighted by Crippen LogP contribution is 2.32. The van der Waals surface area contributed by atoms with Crippen molar-refractivity contribution in [3.8, 4) is 0 Å². The number of benzene rings is 1. The zero-order valence-corrected chi connectivity index (χ0v) is 8.37. The van der Waals surface area contributed by atoms with E-state index in [4.69, 9.17) is 11.6 Å². The predicted molar refractivity (Wildman–Crippen MR) is 56.1 cm³/mol. The Morgan fingerprint density at radius 2 is 2.00 bits per heavy atom. The Balaban J connectivity index is 2.17. The molecule has 1 heterocycles. The quantitative estimate of drug-likeness (QED) is 0.665. The maximum Gasteiger partial charge on any atom is 0.0406 e. The number of hydrogen-bond donors (Lipinski definition) is 0. The molecular formula is C10H11ClS. The van der Waals surface area contributed by atoms with Crippen molar-refractivity contribution in [2.45, 2.75) is 12.3 Å². The number of thioether (sulfide) groups is 1. The Morgan fingerprint density at radius 3 is 2.58 bits per heavy atom. The summed E-state index contributed by atoms with van der Waals surface area (Å²) in [5, 5.41) is 0.837. The fourth-order valence-corrected chi connectivity index (χ4v) is 2.92. The highest BCUT2D eigenvalue weighted by Gasteiger charge is 2.16. The Labute approximate surface area is 82.3 Å². The molecule has 0 saturated carbocycles. The van der Waals surface area contributed by atoms with Gasteiger partial charge in [0.25, 0.3) is 0 Å². The average Bonchev–Trinajstić information content (AvgIpc) is 2.58. The minimum Gasteiger partial charge on any atom is -0.161 e. The highest BCUT2D eigenvalue weighted by molar-refractivity contribution is 7.99. The lowest BCUT2D eigenvalue weighted by molar-refractivity contribution is 0.782. The molecule has 12 heavy (non-hydrogen) atoms. The van der Waals surface area contributed by atoms with Gasteiger partial charge in [-0.05, 0) is 35.8 Å². The molecule has 0 N–H and O–H groups in total. The smallest absolute Gasteiger partial charge is 0.0406 e. The van der Waals surface area contributed by atoms with Crippen LogP contribution in [0.3, 0.4) is 0 Å². The van der Waals surface area contributed by atoms with Crippen LogP contribution in [0.4, 0.5) is 0 Å². The van der Waals surface area contributed by atoms with Gasteiger partial charge < -0.3 is 0 Å². The van der Waals surface area contributed by atoms with Gasteiger partial charge in [0.05, 0.1) is 0 Å². The van der Waals surface area contributed by atoms with Crippen LogP contribution in [0.5, 0.6) is 0 Å². The monoisotopic (exact) mass is 198 g/mol. The molecule has 1 aromatic rings. The topological polar surface area (TPSA) is 0 Å². The standard InChI is InChI=1S/C10H11ClS/c11-10-3-1-8(2-4-10)9-5-6-12-7-9/h1-4,9H,5-7H2. The summed E-state index contributed by atoms with van der Waals surface area (Å²) in [7, 11) is 0. The fourth-order valence-electron chi connectivity index (χ4n) is 1.53. The molecule has 1 aliphatic heterocycles. The van der Waals surface area contributed by atoms with E-state index in [9.17, 15) is 0 Å². The van der Waals surface area contributed by atoms with Crippen molar-refractivity contribution in [3.05, 3.63) is 34.9 Å². The van der Waals surface area contributed by atoms with Crippen molar-refractivity contribution in [1.82, 2.24) is 0 Å². The Hall–Kier alpha value is -0.140. The van der Waals surface area contributed by atoms with E-state index in [1.165, 1.54) is 23.5 Å². The first-order chi connectivity index (χ1) is 5.86. The first-order valence-electron chi connectivity index (χ1n) is 4.19. The van der Waals surface area contributed by atoms with Crippen LogP contribution in [0.25, 0.3) is 0 Å². The van der Waals surface area contributed by atoms with E-state index in [0.29, 0.717) is 0 Å². The van der Waals surface area contributed by atoms with E-state index in [0.717, 1.165) is 10.9 Å². The zero-order valence-electron chi connectivity index (χ0n) is 6.79. The number of halogens is 1. The van der Waals surface area contributed by atoms with Gasteiger partial charge in [0.2, 0.25) is 0 Å². The molecule has 2 heteroatoms. The van der Waals surface area contributed by atoms with Crippen molar-refractivity contribution in [2.75, 3.05) is 11.5 Å². The summed E-state index contributed by atoms with van der Waals surface area (Å²) in [6.07, 6.45) is 1.33. The molecule has 1 unspecified atom stereocenters. The van der Waals surface area contributed by atoms with Gasteiger partial charge in [-0.3, -0.25) is 0 Å².